The largest absolute Gasteiger partial charge is 0.493 e. The fourth-order valence-electron chi connectivity index (χ4n) is 2.74. The molecule has 1 N–H and O–H groups in total. The van der Waals surface area contributed by atoms with E-state index in [1.165, 1.54) is 0 Å². The molecular formula is C22H23N3O4. The van der Waals surface area contributed by atoms with Crippen LogP contribution in [0.5, 0.6) is 17.4 Å². The van der Waals surface area contributed by atoms with Crippen molar-refractivity contribution in [3.8, 4) is 28.6 Å². The second kappa shape index (κ2) is 10.1. The van der Waals surface area contributed by atoms with Crippen LogP contribution in [0.2, 0.25) is 0 Å². The molecule has 0 spiro atoms. The van der Waals surface area contributed by atoms with Gasteiger partial charge in [-0.1, -0.05) is 36.4 Å². The molecule has 0 fully saturated rings. The molecule has 0 saturated carbocycles. The maximum atomic E-state index is 12.1. The highest BCUT2D eigenvalue weighted by molar-refractivity contribution is 5.78. The minimum absolute atomic E-state index is 0.105. The van der Waals surface area contributed by atoms with Crippen LogP contribution in [0.1, 0.15) is 5.56 Å². The average Bonchev–Trinajstić information content (AvgIpc) is 2.77. The number of nitrogens with one attached hydrogen (secondary N) is 1. The standard InChI is InChI=1S/C22H23N3O4/c1-27-19-10-8-16(14-20(19)28-2)15-21(26)23-12-13-29-22-11-9-18(24-25-22)17-6-4-3-5-7-17/h3-11,14H,12-13,15H2,1-2H3,(H,23,26). The van der Waals surface area contributed by atoms with Crippen LogP contribution in [0.3, 0.4) is 0 Å². The van der Waals surface area contributed by atoms with Gasteiger partial charge in [0.05, 0.1) is 32.9 Å². The van der Waals surface area contributed by atoms with Crippen molar-refractivity contribution in [2.75, 3.05) is 27.4 Å². The maximum absolute atomic E-state index is 12.1. The molecule has 1 aromatic heterocycles. The summed E-state index contributed by atoms with van der Waals surface area (Å²) >= 11 is 0. The predicted octanol–water partition coefficient (Wildman–Crippen LogP) is 2.90. The molecule has 29 heavy (non-hydrogen) atoms. The molecule has 1 amide bonds. The Morgan fingerprint density at radius 2 is 1.72 bits per heavy atom. The molecule has 0 bridgehead atoms. The number of rotatable bonds is 9. The first-order chi connectivity index (χ1) is 14.2. The van der Waals surface area contributed by atoms with E-state index in [0.717, 1.165) is 16.8 Å². The number of amides is 1. The van der Waals surface area contributed by atoms with Gasteiger partial charge in [-0.2, -0.15) is 0 Å². The average molecular weight is 393 g/mol. The van der Waals surface area contributed by atoms with Gasteiger partial charge in [0.15, 0.2) is 11.5 Å². The molecule has 0 radical (unpaired) electrons. The van der Waals surface area contributed by atoms with E-state index in [1.54, 1.807) is 32.4 Å². The molecule has 2 aromatic carbocycles. The number of nitrogens with zero attached hydrogens (tertiary/aromatic N) is 2. The number of methoxy groups -OCH3 is 2. The van der Waals surface area contributed by atoms with Crippen molar-refractivity contribution in [3.63, 3.8) is 0 Å². The zero-order valence-corrected chi connectivity index (χ0v) is 16.4. The van der Waals surface area contributed by atoms with Crippen LogP contribution in [-0.2, 0) is 11.2 Å². The Morgan fingerprint density at radius 1 is 0.931 bits per heavy atom. The van der Waals surface area contributed by atoms with Gasteiger partial charge in [-0.3, -0.25) is 4.79 Å². The van der Waals surface area contributed by atoms with Gasteiger partial charge in [0.25, 0.3) is 0 Å². The van der Waals surface area contributed by atoms with Crippen LogP contribution < -0.4 is 19.5 Å². The third-order valence-electron chi connectivity index (χ3n) is 4.20. The third kappa shape index (κ3) is 5.68. The van der Waals surface area contributed by atoms with E-state index in [9.17, 15) is 4.79 Å². The summed E-state index contributed by atoms with van der Waals surface area (Å²) < 4.78 is 16.0. The Bertz CT molecular complexity index is 931. The van der Waals surface area contributed by atoms with Crippen molar-refractivity contribution in [2.24, 2.45) is 0 Å². The quantitative estimate of drug-likeness (QED) is 0.563. The Balaban J connectivity index is 1.43. The van der Waals surface area contributed by atoms with Gasteiger partial charge in [0, 0.05) is 11.6 Å². The molecule has 0 aliphatic rings. The van der Waals surface area contributed by atoms with Gasteiger partial charge < -0.3 is 19.5 Å². The van der Waals surface area contributed by atoms with E-state index in [4.69, 9.17) is 14.2 Å². The van der Waals surface area contributed by atoms with E-state index < -0.39 is 0 Å². The minimum Gasteiger partial charge on any atom is -0.493 e. The van der Waals surface area contributed by atoms with Crippen molar-refractivity contribution < 1.29 is 19.0 Å². The highest BCUT2D eigenvalue weighted by Crippen LogP contribution is 2.27. The number of benzene rings is 2. The minimum atomic E-state index is -0.105. The lowest BCUT2D eigenvalue weighted by Crippen LogP contribution is -2.29. The number of ether oxygens (including phenoxy) is 3. The smallest absolute Gasteiger partial charge is 0.233 e. The van der Waals surface area contributed by atoms with Gasteiger partial charge in [0.2, 0.25) is 11.8 Å². The number of hydrogen-bond acceptors (Lipinski definition) is 6. The van der Waals surface area contributed by atoms with Gasteiger partial charge in [-0.25, -0.2) is 0 Å². The van der Waals surface area contributed by atoms with Gasteiger partial charge >= 0.3 is 0 Å². The van der Waals surface area contributed by atoms with Gasteiger partial charge in [0.1, 0.15) is 6.61 Å². The molecular weight excluding hydrogens is 370 g/mol. The SMILES string of the molecule is COc1ccc(CC(=O)NCCOc2ccc(-c3ccccc3)nn2)cc1OC. The Labute approximate surface area is 169 Å². The molecule has 1 heterocycles. The first kappa shape index (κ1) is 20.1. The molecule has 3 rings (SSSR count). The van der Waals surface area contributed by atoms with Gasteiger partial charge in [-0.05, 0) is 23.8 Å². The summed E-state index contributed by atoms with van der Waals surface area (Å²) in [6.45, 7) is 0.672. The van der Waals surface area contributed by atoms with Crippen molar-refractivity contribution >= 4 is 5.91 Å². The normalized spacial score (nSPS) is 10.3. The van der Waals surface area contributed by atoms with Crippen LogP contribution in [0, 0.1) is 0 Å². The summed E-state index contributed by atoms with van der Waals surface area (Å²) in [6, 6.07) is 18.8. The lowest BCUT2D eigenvalue weighted by molar-refractivity contribution is -0.120. The molecule has 0 unspecified atom stereocenters. The van der Waals surface area contributed by atoms with E-state index >= 15 is 0 Å². The zero-order valence-electron chi connectivity index (χ0n) is 16.4. The highest BCUT2D eigenvalue weighted by atomic mass is 16.5. The maximum Gasteiger partial charge on any atom is 0.233 e. The van der Waals surface area contributed by atoms with Crippen LogP contribution >= 0.6 is 0 Å². The van der Waals surface area contributed by atoms with Crippen LogP contribution in [0.25, 0.3) is 11.3 Å². The Hall–Kier alpha value is -3.61. The third-order valence-corrected chi connectivity index (χ3v) is 4.20. The molecule has 0 aliphatic heterocycles. The number of carbonyl (C=O) groups is 1. The summed E-state index contributed by atoms with van der Waals surface area (Å²) in [6.07, 6.45) is 0.242. The van der Waals surface area contributed by atoms with Gasteiger partial charge in [-0.15, -0.1) is 10.2 Å². The lowest BCUT2D eigenvalue weighted by atomic mass is 10.1. The van der Waals surface area contributed by atoms with Crippen molar-refractivity contribution in [3.05, 3.63) is 66.2 Å². The monoisotopic (exact) mass is 393 g/mol. The summed E-state index contributed by atoms with van der Waals surface area (Å²) in [5.74, 6) is 1.54. The second-order valence-corrected chi connectivity index (χ2v) is 6.19. The lowest BCUT2D eigenvalue weighted by Gasteiger charge is -2.10. The zero-order chi connectivity index (χ0) is 20.5. The summed E-state index contributed by atoms with van der Waals surface area (Å²) in [5.41, 5.74) is 2.61. The fraction of sp³-hybridized carbons (Fsp3) is 0.227. The van der Waals surface area contributed by atoms with Crippen molar-refractivity contribution in [1.29, 1.82) is 0 Å². The first-order valence-corrected chi connectivity index (χ1v) is 9.19. The topological polar surface area (TPSA) is 82.6 Å². The molecule has 3 aromatic rings. The molecule has 150 valence electrons. The van der Waals surface area contributed by atoms with Crippen LogP contribution in [0.4, 0.5) is 0 Å². The Morgan fingerprint density at radius 3 is 2.41 bits per heavy atom. The van der Waals surface area contributed by atoms with E-state index in [2.05, 4.69) is 15.5 Å². The molecule has 0 aliphatic carbocycles. The summed E-state index contributed by atoms with van der Waals surface area (Å²) in [5, 5.41) is 11.0. The number of carbonyl (C=O) groups excluding carboxylic acids is 1. The van der Waals surface area contributed by atoms with Crippen molar-refractivity contribution in [2.45, 2.75) is 6.42 Å². The number of aromatic nitrogens is 2. The van der Waals surface area contributed by atoms with E-state index in [-0.39, 0.29) is 12.3 Å². The summed E-state index contributed by atoms with van der Waals surface area (Å²) in [7, 11) is 3.14. The molecule has 7 heteroatoms. The Kier molecular flexibility index (Phi) is 7.00. The highest BCUT2D eigenvalue weighted by Gasteiger charge is 2.08. The van der Waals surface area contributed by atoms with Crippen LogP contribution in [0.15, 0.2) is 60.7 Å². The second-order valence-electron chi connectivity index (χ2n) is 6.19. The molecule has 7 nitrogen and oxygen atoms in total. The van der Waals surface area contributed by atoms with E-state index in [0.29, 0.717) is 30.5 Å². The molecule has 0 atom stereocenters. The van der Waals surface area contributed by atoms with Crippen molar-refractivity contribution in [1.82, 2.24) is 15.5 Å². The van der Waals surface area contributed by atoms with Crippen LogP contribution in [-0.4, -0.2) is 43.5 Å². The first-order valence-electron chi connectivity index (χ1n) is 9.19. The summed E-state index contributed by atoms with van der Waals surface area (Å²) in [4.78, 5) is 12.1. The number of hydrogen-bond donors (Lipinski definition) is 1. The van der Waals surface area contributed by atoms with E-state index in [1.807, 2.05) is 42.5 Å². The fourth-order valence-corrected chi connectivity index (χ4v) is 2.74. The molecule has 0 saturated heterocycles. The predicted molar refractivity (Wildman–Crippen MR) is 109 cm³/mol.